The van der Waals surface area contributed by atoms with Gasteiger partial charge in [-0.05, 0) is 104 Å². The van der Waals surface area contributed by atoms with Crippen LogP contribution in [0.2, 0.25) is 0 Å². The number of hydrogen-bond donors (Lipinski definition) is 1. The molecule has 12 heteroatoms. The number of carbonyl (C=O) groups excluding carboxylic acids is 2. The van der Waals surface area contributed by atoms with Gasteiger partial charge in [-0.25, -0.2) is 27.4 Å². The maximum absolute atomic E-state index is 15.5. The number of ether oxygens (including phenoxy) is 2. The van der Waals surface area contributed by atoms with E-state index >= 15 is 8.78 Å². The molecule has 1 fully saturated rings. The topological polar surface area (TPSA) is 115 Å². The summed E-state index contributed by atoms with van der Waals surface area (Å²) < 4.78 is 70.5. The van der Waals surface area contributed by atoms with Gasteiger partial charge in [0.05, 0.1) is 11.4 Å². The van der Waals surface area contributed by atoms with Crippen LogP contribution in [0.3, 0.4) is 0 Å². The van der Waals surface area contributed by atoms with Gasteiger partial charge in [0, 0.05) is 28.4 Å². The predicted molar refractivity (Wildman–Crippen MR) is 150 cm³/mol. The Bertz CT molecular complexity index is 1490. The smallest absolute Gasteiger partial charge is 0.424 e. The minimum absolute atomic E-state index is 0.00558. The van der Waals surface area contributed by atoms with E-state index in [0.29, 0.717) is 21.1 Å². The number of carbonyl (C=O) groups is 2. The minimum atomic E-state index is -4.80. The minimum Gasteiger partial charge on any atom is -0.444 e. The van der Waals surface area contributed by atoms with E-state index < -0.39 is 57.6 Å². The number of pyridine rings is 1. The number of alkyl carbamates (subject to hydrolysis) is 1. The Morgan fingerprint density at radius 3 is 2.15 bits per heavy atom. The summed E-state index contributed by atoms with van der Waals surface area (Å²) in [5.41, 5.74) is -2.72. The molecule has 2 aromatic rings. The van der Waals surface area contributed by atoms with E-state index in [1.807, 2.05) is 0 Å². The lowest BCUT2D eigenvalue weighted by Gasteiger charge is -2.30. The quantitative estimate of drug-likeness (QED) is 0.413. The second-order valence-corrected chi connectivity index (χ2v) is 15.3. The zero-order valence-electron chi connectivity index (χ0n) is 24.9. The molecule has 1 N–H and O–H groups in total. The molecular formula is C29H39F2N3O6S. The molecule has 4 rings (SSSR count). The van der Waals surface area contributed by atoms with E-state index in [4.69, 9.17) is 9.47 Å². The van der Waals surface area contributed by atoms with Crippen LogP contribution in [-0.4, -0.2) is 59.4 Å². The summed E-state index contributed by atoms with van der Waals surface area (Å²) in [5, 5.41) is 2.78. The summed E-state index contributed by atoms with van der Waals surface area (Å²) in [6.07, 6.45) is -0.0594. The number of fused-ring (bicyclic) bond motifs is 2. The average molecular weight is 596 g/mol. The molecule has 1 unspecified atom stereocenters. The van der Waals surface area contributed by atoms with Crippen LogP contribution in [0.5, 0.6) is 0 Å². The fourth-order valence-corrected chi connectivity index (χ4v) is 6.80. The van der Waals surface area contributed by atoms with Crippen molar-refractivity contribution in [3.8, 4) is 0 Å². The van der Waals surface area contributed by atoms with Gasteiger partial charge < -0.3 is 14.8 Å². The number of rotatable bonds is 6. The van der Waals surface area contributed by atoms with E-state index in [1.165, 1.54) is 6.07 Å². The van der Waals surface area contributed by atoms with Gasteiger partial charge in [0.25, 0.3) is 10.0 Å². The molecule has 1 atom stereocenters. The van der Waals surface area contributed by atoms with Crippen LogP contribution in [0, 0.1) is 5.95 Å². The van der Waals surface area contributed by atoms with Gasteiger partial charge >= 0.3 is 12.2 Å². The first-order valence-electron chi connectivity index (χ1n) is 13.7. The molecule has 1 heterocycles. The molecular weight excluding hydrogens is 556 g/mol. The van der Waals surface area contributed by atoms with Crippen molar-refractivity contribution in [2.45, 2.75) is 115 Å². The SMILES string of the molecule is CC(C)(F)CN(C(=O)OC(C)(C)C)S(=O)(=O)c1c2c(cc3c(F)nc(C4CC4)cc13)CC(NC(=O)OC(C)(C)C)C2. The lowest BCUT2D eigenvalue weighted by Crippen LogP contribution is -2.46. The Labute approximate surface area is 240 Å². The molecule has 0 spiro atoms. The number of benzene rings is 1. The first-order valence-corrected chi connectivity index (χ1v) is 15.2. The van der Waals surface area contributed by atoms with Crippen molar-refractivity contribution in [3.05, 3.63) is 34.9 Å². The predicted octanol–water partition coefficient (Wildman–Crippen LogP) is 5.92. The summed E-state index contributed by atoms with van der Waals surface area (Å²) >= 11 is 0. The number of nitrogens with zero attached hydrogens (tertiary/aromatic N) is 2. The van der Waals surface area contributed by atoms with E-state index in [-0.39, 0.29) is 34.4 Å². The fourth-order valence-electron chi connectivity index (χ4n) is 4.90. The van der Waals surface area contributed by atoms with Crippen LogP contribution in [0.15, 0.2) is 17.0 Å². The van der Waals surface area contributed by atoms with Gasteiger partial charge in [-0.3, -0.25) is 0 Å². The molecule has 1 aromatic heterocycles. The molecule has 1 aromatic carbocycles. The van der Waals surface area contributed by atoms with Gasteiger partial charge in [-0.1, -0.05) is 0 Å². The van der Waals surface area contributed by atoms with Crippen LogP contribution >= 0.6 is 0 Å². The normalized spacial score (nSPS) is 17.8. The van der Waals surface area contributed by atoms with Crippen LogP contribution < -0.4 is 5.32 Å². The zero-order chi connectivity index (χ0) is 30.7. The molecule has 1 saturated carbocycles. The summed E-state index contributed by atoms with van der Waals surface area (Å²) in [5.74, 6) is -0.826. The van der Waals surface area contributed by atoms with Crippen LogP contribution in [0.25, 0.3) is 10.8 Å². The third kappa shape index (κ3) is 7.25. The van der Waals surface area contributed by atoms with E-state index in [0.717, 1.165) is 26.7 Å². The summed E-state index contributed by atoms with van der Waals surface area (Å²) in [4.78, 5) is 29.6. The van der Waals surface area contributed by atoms with E-state index in [2.05, 4.69) is 10.3 Å². The number of nitrogens with one attached hydrogen (secondary N) is 1. The molecule has 9 nitrogen and oxygen atoms in total. The fraction of sp³-hybridized carbons (Fsp3) is 0.621. The molecule has 2 aliphatic carbocycles. The largest absolute Gasteiger partial charge is 0.444 e. The van der Waals surface area contributed by atoms with Crippen molar-refractivity contribution < 1.29 is 36.3 Å². The Hall–Kier alpha value is -3.02. The molecule has 0 aliphatic heterocycles. The molecule has 2 aliphatic rings. The Morgan fingerprint density at radius 2 is 1.61 bits per heavy atom. The number of halogens is 2. The zero-order valence-corrected chi connectivity index (χ0v) is 25.7. The van der Waals surface area contributed by atoms with Crippen molar-refractivity contribution in [2.75, 3.05) is 6.54 Å². The highest BCUT2D eigenvalue weighted by atomic mass is 32.2. The molecule has 2 amide bonds. The molecule has 0 radical (unpaired) electrons. The number of hydrogen-bond acceptors (Lipinski definition) is 7. The van der Waals surface area contributed by atoms with Gasteiger partial charge in [0.15, 0.2) is 0 Å². The Balaban J connectivity index is 1.89. The third-order valence-corrected chi connectivity index (χ3v) is 8.40. The highest BCUT2D eigenvalue weighted by molar-refractivity contribution is 7.90. The standard InChI is InChI=1S/C29H39F2N3O6S/c1-27(2,3)39-25(35)32-18-11-17-12-21-20(14-22(16-9-10-16)33-24(21)30)23(19(17)13-18)41(37,38)34(15-29(7,8)31)26(36)40-28(4,5)6/h12,14,16,18H,9-11,13,15H2,1-8H3,(H,32,35). The Morgan fingerprint density at radius 1 is 1.00 bits per heavy atom. The monoisotopic (exact) mass is 595 g/mol. The summed E-state index contributed by atoms with van der Waals surface area (Å²) in [7, 11) is -4.80. The van der Waals surface area contributed by atoms with Crippen molar-refractivity contribution >= 4 is 33.0 Å². The molecule has 226 valence electrons. The van der Waals surface area contributed by atoms with Gasteiger partial charge in [0.2, 0.25) is 5.95 Å². The molecule has 0 bridgehead atoms. The first-order chi connectivity index (χ1) is 18.6. The van der Waals surface area contributed by atoms with Gasteiger partial charge in [-0.15, -0.1) is 0 Å². The summed E-state index contributed by atoms with van der Waals surface area (Å²) in [6, 6.07) is 2.53. The van der Waals surface area contributed by atoms with Crippen LogP contribution in [0.4, 0.5) is 18.4 Å². The van der Waals surface area contributed by atoms with Gasteiger partial charge in [0.1, 0.15) is 16.9 Å². The number of alkyl halides is 1. The van der Waals surface area contributed by atoms with Crippen molar-refractivity contribution in [1.82, 2.24) is 14.6 Å². The number of amides is 2. The number of sulfonamides is 1. The first kappa shape index (κ1) is 30.9. The lowest BCUT2D eigenvalue weighted by molar-refractivity contribution is 0.0320. The van der Waals surface area contributed by atoms with Crippen molar-refractivity contribution in [2.24, 2.45) is 0 Å². The highest BCUT2D eigenvalue weighted by Gasteiger charge is 2.42. The Kier molecular flexibility index (Phi) is 7.81. The highest BCUT2D eigenvalue weighted by Crippen LogP contribution is 2.43. The summed E-state index contributed by atoms with van der Waals surface area (Å²) in [6.45, 7) is 11.4. The van der Waals surface area contributed by atoms with Crippen molar-refractivity contribution in [3.63, 3.8) is 0 Å². The maximum atomic E-state index is 15.5. The molecule has 41 heavy (non-hydrogen) atoms. The second-order valence-electron chi connectivity index (χ2n) is 13.5. The average Bonchev–Trinajstić information content (AvgIpc) is 3.53. The maximum Gasteiger partial charge on any atom is 0.424 e. The van der Waals surface area contributed by atoms with Gasteiger partial charge in [-0.2, -0.15) is 8.70 Å². The van der Waals surface area contributed by atoms with E-state index in [9.17, 15) is 18.0 Å². The van der Waals surface area contributed by atoms with Crippen LogP contribution in [-0.2, 0) is 32.3 Å². The second kappa shape index (κ2) is 10.4. The number of aromatic nitrogens is 1. The van der Waals surface area contributed by atoms with Crippen molar-refractivity contribution in [1.29, 1.82) is 0 Å². The third-order valence-electron chi connectivity index (χ3n) is 6.55. The van der Waals surface area contributed by atoms with Crippen LogP contribution in [0.1, 0.15) is 91.0 Å². The van der Waals surface area contributed by atoms with E-state index in [1.54, 1.807) is 47.6 Å². The lowest BCUT2D eigenvalue weighted by atomic mass is 10.0. The molecule has 0 saturated heterocycles.